The van der Waals surface area contributed by atoms with Crippen molar-refractivity contribution in [3.63, 3.8) is 0 Å². The van der Waals surface area contributed by atoms with Crippen LogP contribution in [0.3, 0.4) is 0 Å². The molecule has 1 aliphatic rings. The second-order valence-electron chi connectivity index (χ2n) is 8.14. The summed E-state index contributed by atoms with van der Waals surface area (Å²) in [5, 5.41) is 3.24. The van der Waals surface area contributed by atoms with Crippen LogP contribution in [0, 0.1) is 0 Å². The first-order valence-electron chi connectivity index (χ1n) is 11.1. The third kappa shape index (κ3) is 4.61. The van der Waals surface area contributed by atoms with Gasteiger partial charge in [0.2, 0.25) is 15.6 Å². The molecule has 1 fully saturated rings. The number of amides is 1. The van der Waals surface area contributed by atoms with E-state index in [1.807, 2.05) is 48.5 Å². The molecule has 1 aromatic heterocycles. The van der Waals surface area contributed by atoms with Gasteiger partial charge in [0.25, 0.3) is 5.91 Å². The summed E-state index contributed by atoms with van der Waals surface area (Å²) in [6, 6.07) is 22.6. The fraction of sp³-hybridized carbons (Fsp3) is 0.154. The topological polar surface area (TPSA) is 109 Å². The molecule has 35 heavy (non-hydrogen) atoms. The molecule has 1 amide bonds. The Morgan fingerprint density at radius 2 is 1.63 bits per heavy atom. The highest BCUT2D eigenvalue weighted by atomic mass is 32.2. The van der Waals surface area contributed by atoms with E-state index in [1.54, 1.807) is 6.07 Å². The maximum atomic E-state index is 13.4. The van der Waals surface area contributed by atoms with Crippen molar-refractivity contribution in [2.75, 3.05) is 31.6 Å². The van der Waals surface area contributed by atoms with E-state index in [9.17, 15) is 18.0 Å². The number of aromatic amines is 1. The van der Waals surface area contributed by atoms with Crippen LogP contribution in [0.2, 0.25) is 0 Å². The Morgan fingerprint density at radius 3 is 2.40 bits per heavy atom. The van der Waals surface area contributed by atoms with Gasteiger partial charge in [-0.3, -0.25) is 9.59 Å². The molecule has 0 radical (unpaired) electrons. The van der Waals surface area contributed by atoms with E-state index >= 15 is 0 Å². The van der Waals surface area contributed by atoms with E-state index in [-0.39, 0.29) is 23.5 Å². The van der Waals surface area contributed by atoms with E-state index < -0.39 is 21.5 Å². The first-order chi connectivity index (χ1) is 16.9. The van der Waals surface area contributed by atoms with Crippen LogP contribution in [-0.4, -0.2) is 49.9 Å². The zero-order chi connectivity index (χ0) is 24.4. The van der Waals surface area contributed by atoms with Crippen molar-refractivity contribution < 1.29 is 17.9 Å². The first-order valence-corrected chi connectivity index (χ1v) is 12.6. The first kappa shape index (κ1) is 23.0. The number of para-hydroxylation sites is 1. The third-order valence-corrected chi connectivity index (χ3v) is 7.82. The number of anilines is 1. The van der Waals surface area contributed by atoms with Gasteiger partial charge in [-0.05, 0) is 29.8 Å². The lowest BCUT2D eigenvalue weighted by molar-refractivity contribution is 0.0730. The standard InChI is InChI=1S/C26H23N3O5S/c30-25-17-22(26(31)28-23-9-5-4-8-20(23)18-6-2-1-3-7-18)21-16-19(10-11-24(21)27-25)35(32,33)29-12-14-34-15-13-29/h1-11,16-17H,12-15H2,(H,27,30)(H,28,31). The SMILES string of the molecule is O=C(Nc1ccccc1-c1ccccc1)c1cc(=O)[nH]c2ccc(S(=O)(=O)N3CCOCC3)cc12. The maximum absolute atomic E-state index is 13.4. The second kappa shape index (κ2) is 9.46. The van der Waals surface area contributed by atoms with Gasteiger partial charge in [-0.25, -0.2) is 8.42 Å². The Morgan fingerprint density at radius 1 is 0.914 bits per heavy atom. The molecular weight excluding hydrogens is 466 g/mol. The van der Waals surface area contributed by atoms with E-state index in [4.69, 9.17) is 4.74 Å². The Kier molecular flexibility index (Phi) is 6.21. The molecule has 2 heterocycles. The average Bonchev–Trinajstić information content (AvgIpc) is 2.89. The van der Waals surface area contributed by atoms with Crippen LogP contribution in [0.1, 0.15) is 10.4 Å². The molecule has 0 bridgehead atoms. The van der Waals surface area contributed by atoms with Gasteiger partial charge in [0, 0.05) is 41.3 Å². The molecule has 0 spiro atoms. The molecule has 5 rings (SSSR count). The number of carbonyl (C=O) groups is 1. The molecule has 1 saturated heterocycles. The number of sulfonamides is 1. The van der Waals surface area contributed by atoms with Gasteiger partial charge in [0.05, 0.1) is 23.7 Å². The maximum Gasteiger partial charge on any atom is 0.256 e. The van der Waals surface area contributed by atoms with Crippen LogP contribution in [0.5, 0.6) is 0 Å². The van der Waals surface area contributed by atoms with Gasteiger partial charge >= 0.3 is 0 Å². The summed E-state index contributed by atoms with van der Waals surface area (Å²) in [4.78, 5) is 28.4. The number of hydrogen-bond acceptors (Lipinski definition) is 5. The van der Waals surface area contributed by atoms with Crippen LogP contribution < -0.4 is 10.9 Å². The van der Waals surface area contributed by atoms with Crippen molar-refractivity contribution in [1.82, 2.24) is 9.29 Å². The zero-order valence-corrected chi connectivity index (χ0v) is 19.5. The van der Waals surface area contributed by atoms with E-state index in [2.05, 4.69) is 10.3 Å². The summed E-state index contributed by atoms with van der Waals surface area (Å²) in [6.07, 6.45) is 0. The molecule has 3 aromatic carbocycles. The number of hydrogen-bond donors (Lipinski definition) is 2. The van der Waals surface area contributed by atoms with Crippen molar-refractivity contribution in [2.45, 2.75) is 4.90 Å². The highest BCUT2D eigenvalue weighted by Crippen LogP contribution is 2.29. The number of pyridine rings is 1. The van der Waals surface area contributed by atoms with Crippen LogP contribution in [-0.2, 0) is 14.8 Å². The van der Waals surface area contributed by atoms with Crippen molar-refractivity contribution >= 4 is 32.5 Å². The minimum atomic E-state index is -3.78. The summed E-state index contributed by atoms with van der Waals surface area (Å²) in [7, 11) is -3.78. The van der Waals surface area contributed by atoms with Crippen molar-refractivity contribution in [1.29, 1.82) is 0 Å². The molecule has 0 saturated carbocycles. The molecule has 0 atom stereocenters. The minimum absolute atomic E-state index is 0.0534. The molecular formula is C26H23N3O5S. The Hall–Kier alpha value is -3.79. The van der Waals surface area contributed by atoms with Crippen LogP contribution in [0.4, 0.5) is 5.69 Å². The summed E-state index contributed by atoms with van der Waals surface area (Å²) >= 11 is 0. The van der Waals surface area contributed by atoms with Crippen LogP contribution >= 0.6 is 0 Å². The van der Waals surface area contributed by atoms with Crippen molar-refractivity contribution in [3.05, 3.63) is 94.8 Å². The quantitative estimate of drug-likeness (QED) is 0.446. The van der Waals surface area contributed by atoms with E-state index in [0.717, 1.165) is 11.1 Å². The predicted molar refractivity (Wildman–Crippen MR) is 134 cm³/mol. The normalized spacial score (nSPS) is 14.6. The molecule has 9 heteroatoms. The molecule has 0 aliphatic carbocycles. The lowest BCUT2D eigenvalue weighted by Crippen LogP contribution is -2.40. The Balaban J connectivity index is 1.55. The predicted octanol–water partition coefficient (Wildman–Crippen LogP) is 3.47. The van der Waals surface area contributed by atoms with Crippen molar-refractivity contribution in [2.24, 2.45) is 0 Å². The Bertz CT molecular complexity index is 1560. The number of H-pyrrole nitrogens is 1. The summed E-state index contributed by atoms with van der Waals surface area (Å²) < 4.78 is 33.0. The zero-order valence-electron chi connectivity index (χ0n) is 18.7. The van der Waals surface area contributed by atoms with E-state index in [0.29, 0.717) is 29.8 Å². The smallest absolute Gasteiger partial charge is 0.256 e. The highest BCUT2D eigenvalue weighted by molar-refractivity contribution is 7.89. The number of benzene rings is 3. The van der Waals surface area contributed by atoms with Gasteiger partial charge < -0.3 is 15.0 Å². The van der Waals surface area contributed by atoms with Gasteiger partial charge in [0.1, 0.15) is 0 Å². The largest absolute Gasteiger partial charge is 0.379 e. The molecule has 178 valence electrons. The number of rotatable bonds is 5. The van der Waals surface area contributed by atoms with Gasteiger partial charge in [-0.1, -0.05) is 48.5 Å². The number of nitrogens with zero attached hydrogens (tertiary/aromatic N) is 1. The number of ether oxygens (including phenoxy) is 1. The molecule has 2 N–H and O–H groups in total. The van der Waals surface area contributed by atoms with Crippen molar-refractivity contribution in [3.8, 4) is 11.1 Å². The van der Waals surface area contributed by atoms with Gasteiger partial charge in [-0.2, -0.15) is 4.31 Å². The monoisotopic (exact) mass is 489 g/mol. The summed E-state index contributed by atoms with van der Waals surface area (Å²) in [6.45, 7) is 1.18. The van der Waals surface area contributed by atoms with Crippen LogP contribution in [0.25, 0.3) is 22.0 Å². The summed E-state index contributed by atoms with van der Waals surface area (Å²) in [5.74, 6) is -0.509. The molecule has 0 unspecified atom stereocenters. The Labute approximate surface area is 202 Å². The second-order valence-corrected chi connectivity index (χ2v) is 10.1. The average molecular weight is 490 g/mol. The number of nitrogens with one attached hydrogen (secondary N) is 2. The highest BCUT2D eigenvalue weighted by Gasteiger charge is 2.27. The fourth-order valence-corrected chi connectivity index (χ4v) is 5.60. The number of fused-ring (bicyclic) bond motifs is 1. The van der Waals surface area contributed by atoms with Crippen LogP contribution in [0.15, 0.2) is 88.6 Å². The van der Waals surface area contributed by atoms with E-state index in [1.165, 1.54) is 28.6 Å². The number of aromatic nitrogens is 1. The third-order valence-electron chi connectivity index (χ3n) is 5.93. The fourth-order valence-electron chi connectivity index (χ4n) is 4.17. The lowest BCUT2D eigenvalue weighted by Gasteiger charge is -2.26. The van der Waals surface area contributed by atoms with Gasteiger partial charge in [-0.15, -0.1) is 0 Å². The minimum Gasteiger partial charge on any atom is -0.379 e. The lowest BCUT2D eigenvalue weighted by atomic mass is 10.0. The molecule has 1 aliphatic heterocycles. The van der Waals surface area contributed by atoms with Gasteiger partial charge in [0.15, 0.2) is 0 Å². The molecule has 8 nitrogen and oxygen atoms in total. The number of morpholine rings is 1. The number of carbonyl (C=O) groups excluding carboxylic acids is 1. The molecule has 4 aromatic rings. The summed E-state index contributed by atoms with van der Waals surface area (Å²) in [5.41, 5.74) is 2.34.